The first-order valence-electron chi connectivity index (χ1n) is 7.85. The van der Waals surface area contributed by atoms with Gasteiger partial charge in [-0.3, -0.25) is 0 Å². The Kier molecular flexibility index (Phi) is 6.32. The molecule has 0 aliphatic carbocycles. The summed E-state index contributed by atoms with van der Waals surface area (Å²) in [6.45, 7) is 2.08. The van der Waals surface area contributed by atoms with Gasteiger partial charge in [0.1, 0.15) is 11.5 Å². The first-order valence-corrected chi connectivity index (χ1v) is 7.85. The van der Waals surface area contributed by atoms with Gasteiger partial charge in [-0.25, -0.2) is 4.79 Å². The van der Waals surface area contributed by atoms with Gasteiger partial charge in [-0.05, 0) is 42.8 Å². The van der Waals surface area contributed by atoms with Crippen LogP contribution in [0, 0.1) is 0 Å². The molecule has 0 radical (unpaired) electrons. The molecule has 2 N–H and O–H groups in total. The highest BCUT2D eigenvalue weighted by molar-refractivity contribution is 5.90. The Hall–Kier alpha value is -2.90. The van der Waals surface area contributed by atoms with E-state index in [0.717, 1.165) is 11.6 Å². The van der Waals surface area contributed by atoms with Crippen molar-refractivity contribution < 1.29 is 27.4 Å². The molecule has 0 saturated heterocycles. The molecule has 0 aliphatic heterocycles. The molecular weight excluding hydrogens is 349 g/mol. The Morgan fingerprint density at radius 1 is 1.08 bits per heavy atom. The molecule has 0 saturated carbocycles. The van der Waals surface area contributed by atoms with Crippen LogP contribution in [0.25, 0.3) is 0 Å². The van der Waals surface area contributed by atoms with Crippen molar-refractivity contribution in [2.24, 2.45) is 0 Å². The van der Waals surface area contributed by atoms with Crippen LogP contribution in [0.5, 0.6) is 11.5 Å². The average Bonchev–Trinajstić information content (AvgIpc) is 2.61. The number of benzene rings is 2. The number of ether oxygens (including phenoxy) is 2. The molecule has 0 heterocycles. The van der Waals surface area contributed by atoms with E-state index in [-0.39, 0.29) is 24.6 Å². The lowest BCUT2D eigenvalue weighted by Crippen LogP contribution is -2.29. The van der Waals surface area contributed by atoms with Crippen LogP contribution in [0.15, 0.2) is 42.5 Å². The standard InChI is InChI=1S/C18H19F3N2O3/c1-3-26-14-8-9-16(15(10-14)18(19,20)21)23-17(24)22-11-12-4-6-13(25-2)7-5-12/h4-10H,3,11H2,1-2H3,(H2,22,23,24). The number of alkyl halides is 3. The summed E-state index contributed by atoms with van der Waals surface area (Å²) >= 11 is 0. The minimum absolute atomic E-state index is 0.0871. The van der Waals surface area contributed by atoms with E-state index in [4.69, 9.17) is 9.47 Å². The third-order valence-electron chi connectivity index (χ3n) is 3.47. The molecule has 0 aromatic heterocycles. The van der Waals surface area contributed by atoms with Crippen molar-refractivity contribution in [1.82, 2.24) is 5.32 Å². The summed E-state index contributed by atoms with van der Waals surface area (Å²) in [5, 5.41) is 4.74. The Bertz CT molecular complexity index is 746. The number of nitrogens with one attached hydrogen (secondary N) is 2. The van der Waals surface area contributed by atoms with Crippen LogP contribution in [-0.4, -0.2) is 19.7 Å². The predicted molar refractivity (Wildman–Crippen MR) is 91.5 cm³/mol. The average molecular weight is 368 g/mol. The first kappa shape index (κ1) is 19.4. The van der Waals surface area contributed by atoms with Crippen molar-refractivity contribution in [2.45, 2.75) is 19.6 Å². The van der Waals surface area contributed by atoms with E-state index >= 15 is 0 Å². The lowest BCUT2D eigenvalue weighted by Gasteiger charge is -2.16. The molecule has 0 aliphatic rings. The summed E-state index contributed by atoms with van der Waals surface area (Å²) in [4.78, 5) is 12.0. The molecule has 2 aromatic rings. The molecule has 0 spiro atoms. The highest BCUT2D eigenvalue weighted by atomic mass is 19.4. The minimum Gasteiger partial charge on any atom is -0.497 e. The van der Waals surface area contributed by atoms with Gasteiger partial charge in [-0.1, -0.05) is 12.1 Å². The van der Waals surface area contributed by atoms with Crippen LogP contribution in [0.2, 0.25) is 0 Å². The first-order chi connectivity index (χ1) is 12.3. The highest BCUT2D eigenvalue weighted by Gasteiger charge is 2.34. The van der Waals surface area contributed by atoms with E-state index in [1.54, 1.807) is 31.2 Å². The van der Waals surface area contributed by atoms with Gasteiger partial charge in [0.2, 0.25) is 0 Å². The number of methoxy groups -OCH3 is 1. The number of urea groups is 1. The summed E-state index contributed by atoms with van der Waals surface area (Å²) in [6.07, 6.45) is -4.62. The quantitative estimate of drug-likeness (QED) is 0.793. The van der Waals surface area contributed by atoms with Gasteiger partial charge < -0.3 is 20.1 Å². The van der Waals surface area contributed by atoms with E-state index in [1.807, 2.05) is 0 Å². The van der Waals surface area contributed by atoms with Crippen LogP contribution in [-0.2, 0) is 12.7 Å². The number of hydrogen-bond donors (Lipinski definition) is 2. The molecule has 0 unspecified atom stereocenters. The Morgan fingerprint density at radius 3 is 2.31 bits per heavy atom. The zero-order valence-electron chi connectivity index (χ0n) is 14.3. The number of amides is 2. The molecule has 5 nitrogen and oxygen atoms in total. The molecule has 0 atom stereocenters. The molecule has 8 heteroatoms. The van der Waals surface area contributed by atoms with Crippen molar-refractivity contribution in [3.63, 3.8) is 0 Å². The van der Waals surface area contributed by atoms with Gasteiger partial charge in [0.05, 0.1) is 25.0 Å². The number of carbonyl (C=O) groups is 1. The molecule has 140 valence electrons. The molecular formula is C18H19F3N2O3. The van der Waals surface area contributed by atoms with Crippen LogP contribution in [0.4, 0.5) is 23.7 Å². The van der Waals surface area contributed by atoms with Crippen LogP contribution in [0.1, 0.15) is 18.1 Å². The zero-order valence-corrected chi connectivity index (χ0v) is 14.3. The fourth-order valence-electron chi connectivity index (χ4n) is 2.22. The summed E-state index contributed by atoms with van der Waals surface area (Å²) in [7, 11) is 1.54. The third kappa shape index (κ3) is 5.30. The van der Waals surface area contributed by atoms with E-state index in [2.05, 4.69) is 10.6 Å². The minimum atomic E-state index is -4.62. The molecule has 0 fully saturated rings. The van der Waals surface area contributed by atoms with Gasteiger partial charge in [0.15, 0.2) is 0 Å². The van der Waals surface area contributed by atoms with Crippen molar-refractivity contribution in [1.29, 1.82) is 0 Å². The fourth-order valence-corrected chi connectivity index (χ4v) is 2.22. The van der Waals surface area contributed by atoms with Crippen LogP contribution in [0.3, 0.4) is 0 Å². The second-order valence-corrected chi connectivity index (χ2v) is 5.29. The van der Waals surface area contributed by atoms with Crippen LogP contribution >= 0.6 is 0 Å². The molecule has 2 aromatic carbocycles. The summed E-state index contributed by atoms with van der Waals surface area (Å²) in [6, 6.07) is 9.61. The Morgan fingerprint density at radius 2 is 1.73 bits per heavy atom. The van der Waals surface area contributed by atoms with Gasteiger partial charge in [0.25, 0.3) is 0 Å². The lowest BCUT2D eigenvalue weighted by molar-refractivity contribution is -0.137. The number of carbonyl (C=O) groups excluding carboxylic acids is 1. The lowest BCUT2D eigenvalue weighted by atomic mass is 10.1. The summed E-state index contributed by atoms with van der Waals surface area (Å²) in [5.74, 6) is 0.756. The SMILES string of the molecule is CCOc1ccc(NC(=O)NCc2ccc(OC)cc2)c(C(F)(F)F)c1. The predicted octanol–water partition coefficient (Wildman–Crippen LogP) is 4.43. The number of halogens is 3. The Balaban J connectivity index is 2.05. The summed E-state index contributed by atoms with van der Waals surface area (Å²) < 4.78 is 49.7. The molecule has 0 bridgehead atoms. The molecule has 2 rings (SSSR count). The zero-order chi connectivity index (χ0) is 19.2. The fraction of sp³-hybridized carbons (Fsp3) is 0.278. The van der Waals surface area contributed by atoms with Crippen molar-refractivity contribution in [3.8, 4) is 11.5 Å². The van der Waals surface area contributed by atoms with E-state index in [1.165, 1.54) is 19.2 Å². The van der Waals surface area contributed by atoms with Crippen molar-refractivity contribution >= 4 is 11.7 Å². The topological polar surface area (TPSA) is 59.6 Å². The van der Waals surface area contributed by atoms with Gasteiger partial charge >= 0.3 is 12.2 Å². The maximum Gasteiger partial charge on any atom is 0.418 e. The largest absolute Gasteiger partial charge is 0.497 e. The van der Waals surface area contributed by atoms with Crippen molar-refractivity contribution in [2.75, 3.05) is 19.0 Å². The maximum atomic E-state index is 13.2. The Labute approximate surface area is 149 Å². The number of anilines is 1. The summed E-state index contributed by atoms with van der Waals surface area (Å²) in [5.41, 5.74) is -0.528. The second kappa shape index (κ2) is 8.46. The van der Waals surface area contributed by atoms with E-state index < -0.39 is 17.8 Å². The third-order valence-corrected chi connectivity index (χ3v) is 3.47. The van der Waals surface area contributed by atoms with Gasteiger partial charge in [-0.2, -0.15) is 13.2 Å². The number of rotatable bonds is 6. The van der Waals surface area contributed by atoms with E-state index in [9.17, 15) is 18.0 Å². The second-order valence-electron chi connectivity index (χ2n) is 5.29. The highest BCUT2D eigenvalue weighted by Crippen LogP contribution is 2.37. The van der Waals surface area contributed by atoms with E-state index in [0.29, 0.717) is 5.75 Å². The monoisotopic (exact) mass is 368 g/mol. The van der Waals surface area contributed by atoms with Crippen LogP contribution < -0.4 is 20.1 Å². The smallest absolute Gasteiger partial charge is 0.418 e. The number of hydrogen-bond acceptors (Lipinski definition) is 3. The van der Waals surface area contributed by atoms with Gasteiger partial charge in [0, 0.05) is 6.54 Å². The maximum absolute atomic E-state index is 13.2. The molecule has 26 heavy (non-hydrogen) atoms. The molecule has 2 amide bonds. The normalized spacial score (nSPS) is 11.0. The van der Waals surface area contributed by atoms with Gasteiger partial charge in [-0.15, -0.1) is 0 Å². The van der Waals surface area contributed by atoms with Crippen molar-refractivity contribution in [3.05, 3.63) is 53.6 Å².